The molecular weight excluding hydrogens is 523 g/mol. The molecule has 0 saturated carbocycles. The Morgan fingerprint density at radius 2 is 1.95 bits per heavy atom. The van der Waals surface area contributed by atoms with Gasteiger partial charge in [0.1, 0.15) is 18.2 Å². The largest absolute Gasteiger partial charge is 0.495 e. The Morgan fingerprint density at radius 1 is 1.13 bits per heavy atom. The van der Waals surface area contributed by atoms with Crippen LogP contribution < -0.4 is 15.1 Å². The lowest BCUT2D eigenvalue weighted by molar-refractivity contribution is -0.132. The van der Waals surface area contributed by atoms with Crippen molar-refractivity contribution in [3.8, 4) is 5.75 Å². The quantitative estimate of drug-likeness (QED) is 0.353. The number of hydrogen-bond acceptors (Lipinski definition) is 5. The van der Waals surface area contributed by atoms with Crippen LogP contribution in [-0.4, -0.2) is 30.6 Å². The summed E-state index contributed by atoms with van der Waals surface area (Å²) in [4.78, 5) is 30.5. The van der Waals surface area contributed by atoms with Crippen molar-refractivity contribution in [2.24, 2.45) is 5.41 Å². The van der Waals surface area contributed by atoms with E-state index in [-0.39, 0.29) is 22.6 Å². The van der Waals surface area contributed by atoms with Gasteiger partial charge in [0, 0.05) is 12.1 Å². The standard InChI is InChI=1S/C30H28ClFN2O5/c1-38-27-14-19(6-9-25(27)33-28(35)23-15-22(32)7-8-24(23)31)18-39-34-13-12-30(11-10-21(17-30)29(36)37)16-20-4-2-3-5-26(20)34/h2-9,14-15,17H,10-13,16,18H2,1H3,(H,33,35)(H,36,37)/t30-/m0/s1. The van der Waals surface area contributed by atoms with E-state index in [2.05, 4.69) is 11.4 Å². The Bertz CT molecular complexity index is 1460. The highest BCUT2D eigenvalue weighted by Gasteiger charge is 2.38. The van der Waals surface area contributed by atoms with Gasteiger partial charge in [-0.15, -0.1) is 0 Å². The number of anilines is 2. The lowest BCUT2D eigenvalue weighted by atomic mass is 9.79. The fourth-order valence-corrected chi connectivity index (χ4v) is 5.50. The average molecular weight is 551 g/mol. The fourth-order valence-electron chi connectivity index (χ4n) is 5.30. The molecule has 1 amide bonds. The minimum absolute atomic E-state index is 0.0244. The second kappa shape index (κ2) is 11.1. The topological polar surface area (TPSA) is 88.1 Å². The van der Waals surface area contributed by atoms with E-state index in [0.29, 0.717) is 30.0 Å². The SMILES string of the molecule is COc1cc(CON2CC[C@]3(C=C(C(=O)O)CC3)Cc3ccccc32)ccc1NC(=O)c1cc(F)ccc1Cl. The number of hydroxylamine groups is 1. The molecule has 7 nitrogen and oxygen atoms in total. The van der Waals surface area contributed by atoms with E-state index in [0.717, 1.165) is 42.1 Å². The van der Waals surface area contributed by atoms with Gasteiger partial charge in [0.05, 0.1) is 29.1 Å². The summed E-state index contributed by atoms with van der Waals surface area (Å²) in [6, 6.07) is 16.9. The van der Waals surface area contributed by atoms with Gasteiger partial charge in [0.15, 0.2) is 0 Å². The van der Waals surface area contributed by atoms with E-state index >= 15 is 0 Å². The molecule has 3 aromatic rings. The predicted octanol–water partition coefficient (Wildman–Crippen LogP) is 6.42. The number of methoxy groups -OCH3 is 1. The second-order valence-electron chi connectivity index (χ2n) is 9.88. The van der Waals surface area contributed by atoms with Crippen LogP contribution in [0.5, 0.6) is 5.75 Å². The van der Waals surface area contributed by atoms with Crippen LogP contribution in [0.1, 0.15) is 40.7 Å². The number of nitrogens with one attached hydrogen (secondary N) is 1. The molecule has 1 heterocycles. The Hall–Kier alpha value is -3.88. The molecule has 1 aliphatic carbocycles. The maximum Gasteiger partial charge on any atom is 0.331 e. The Labute approximate surface area is 230 Å². The van der Waals surface area contributed by atoms with Crippen LogP contribution >= 0.6 is 11.6 Å². The number of fused-ring (bicyclic) bond motifs is 1. The molecule has 39 heavy (non-hydrogen) atoms. The Kier molecular flexibility index (Phi) is 7.59. The third kappa shape index (κ3) is 5.77. The van der Waals surface area contributed by atoms with Crippen molar-refractivity contribution in [2.75, 3.05) is 24.0 Å². The van der Waals surface area contributed by atoms with E-state index in [1.54, 1.807) is 12.1 Å². The van der Waals surface area contributed by atoms with Crippen LogP contribution in [0.3, 0.4) is 0 Å². The number of carbonyl (C=O) groups excluding carboxylic acids is 1. The van der Waals surface area contributed by atoms with E-state index in [9.17, 15) is 19.1 Å². The van der Waals surface area contributed by atoms with Gasteiger partial charge in [-0.05, 0) is 78.6 Å². The molecule has 0 aromatic heterocycles. The van der Waals surface area contributed by atoms with Gasteiger partial charge in [-0.3, -0.25) is 14.7 Å². The summed E-state index contributed by atoms with van der Waals surface area (Å²) >= 11 is 6.07. The summed E-state index contributed by atoms with van der Waals surface area (Å²) < 4.78 is 19.1. The summed E-state index contributed by atoms with van der Waals surface area (Å²) in [7, 11) is 1.50. The van der Waals surface area contributed by atoms with Crippen molar-refractivity contribution in [1.29, 1.82) is 0 Å². The van der Waals surface area contributed by atoms with Gasteiger partial charge < -0.3 is 15.2 Å². The molecule has 1 spiro atoms. The highest BCUT2D eigenvalue weighted by atomic mass is 35.5. The molecule has 1 aliphatic heterocycles. The van der Waals surface area contributed by atoms with Crippen molar-refractivity contribution in [3.63, 3.8) is 0 Å². The van der Waals surface area contributed by atoms with Crippen molar-refractivity contribution in [3.05, 3.63) is 99.8 Å². The lowest BCUT2D eigenvalue weighted by Gasteiger charge is -2.26. The average Bonchev–Trinajstić information content (AvgIpc) is 3.28. The molecular formula is C30H28ClFN2O5. The molecule has 0 fully saturated rings. The number of hydrogen-bond donors (Lipinski definition) is 2. The number of nitrogens with zero attached hydrogens (tertiary/aromatic N) is 1. The minimum atomic E-state index is -0.842. The molecule has 0 radical (unpaired) electrons. The van der Waals surface area contributed by atoms with Crippen molar-refractivity contribution in [2.45, 2.75) is 32.3 Å². The zero-order valence-electron chi connectivity index (χ0n) is 21.4. The first kappa shape index (κ1) is 26.7. The van der Waals surface area contributed by atoms with E-state index in [4.69, 9.17) is 21.2 Å². The number of carbonyl (C=O) groups is 2. The van der Waals surface area contributed by atoms with Gasteiger partial charge in [0.25, 0.3) is 5.91 Å². The number of carboxylic acid groups (broad SMARTS) is 1. The molecule has 5 rings (SSSR count). The van der Waals surface area contributed by atoms with Gasteiger partial charge in [-0.2, -0.15) is 0 Å². The number of aliphatic carboxylic acids is 1. The summed E-state index contributed by atoms with van der Waals surface area (Å²) in [5.41, 5.74) is 3.63. The van der Waals surface area contributed by atoms with Crippen LogP contribution in [0.4, 0.5) is 15.8 Å². The molecule has 2 aliphatic rings. The fraction of sp³-hybridized carbons (Fsp3) is 0.267. The zero-order valence-corrected chi connectivity index (χ0v) is 22.1. The van der Waals surface area contributed by atoms with E-state index in [1.807, 2.05) is 35.4 Å². The third-order valence-electron chi connectivity index (χ3n) is 7.34. The Balaban J connectivity index is 1.31. The third-order valence-corrected chi connectivity index (χ3v) is 7.67. The number of amides is 1. The number of rotatable bonds is 7. The van der Waals surface area contributed by atoms with Gasteiger partial charge >= 0.3 is 5.97 Å². The van der Waals surface area contributed by atoms with Gasteiger partial charge in [0.2, 0.25) is 0 Å². The first-order valence-corrected chi connectivity index (χ1v) is 13.0. The summed E-state index contributed by atoms with van der Waals surface area (Å²) in [6.45, 7) is 0.859. The van der Waals surface area contributed by atoms with Crippen LogP contribution in [0.15, 0.2) is 72.3 Å². The van der Waals surface area contributed by atoms with Gasteiger partial charge in [-0.25, -0.2) is 9.18 Å². The second-order valence-corrected chi connectivity index (χ2v) is 10.3. The first-order chi connectivity index (χ1) is 18.8. The number of allylic oxidation sites excluding steroid dienone is 1. The summed E-state index contributed by atoms with van der Waals surface area (Å²) in [5, 5.41) is 14.2. The molecule has 0 bridgehead atoms. The molecule has 1 atom stereocenters. The number of para-hydroxylation sites is 1. The molecule has 202 valence electrons. The van der Waals surface area contributed by atoms with Crippen molar-refractivity contribution >= 4 is 34.9 Å². The monoisotopic (exact) mass is 550 g/mol. The molecule has 0 unspecified atom stereocenters. The summed E-state index contributed by atoms with van der Waals surface area (Å²) in [5.74, 6) is -1.53. The number of halogens is 2. The van der Waals surface area contributed by atoms with E-state index in [1.165, 1.54) is 19.2 Å². The van der Waals surface area contributed by atoms with Gasteiger partial charge in [-0.1, -0.05) is 41.9 Å². The molecule has 9 heteroatoms. The highest BCUT2D eigenvalue weighted by molar-refractivity contribution is 6.34. The number of benzene rings is 3. The molecule has 3 aromatic carbocycles. The van der Waals surface area contributed by atoms with E-state index < -0.39 is 17.7 Å². The zero-order chi connectivity index (χ0) is 27.6. The predicted molar refractivity (Wildman–Crippen MR) is 147 cm³/mol. The maximum atomic E-state index is 13.6. The van der Waals surface area contributed by atoms with Crippen molar-refractivity contribution < 1.29 is 28.7 Å². The highest BCUT2D eigenvalue weighted by Crippen LogP contribution is 2.46. The van der Waals surface area contributed by atoms with Crippen LogP contribution in [-0.2, 0) is 22.7 Å². The van der Waals surface area contributed by atoms with Crippen LogP contribution in [0.25, 0.3) is 0 Å². The molecule has 2 N–H and O–H groups in total. The Morgan fingerprint density at radius 3 is 2.72 bits per heavy atom. The summed E-state index contributed by atoms with van der Waals surface area (Å²) in [6.07, 6.45) is 4.87. The van der Waals surface area contributed by atoms with Crippen LogP contribution in [0.2, 0.25) is 5.02 Å². The minimum Gasteiger partial charge on any atom is -0.495 e. The lowest BCUT2D eigenvalue weighted by Crippen LogP contribution is -2.27. The normalized spacial score (nSPS) is 18.3. The smallest absolute Gasteiger partial charge is 0.331 e. The number of ether oxygens (including phenoxy) is 1. The van der Waals surface area contributed by atoms with Crippen LogP contribution in [0, 0.1) is 11.2 Å². The van der Waals surface area contributed by atoms with Crippen molar-refractivity contribution in [1.82, 2.24) is 0 Å². The molecule has 0 saturated heterocycles. The maximum absolute atomic E-state index is 13.6. The number of carboxylic acids is 1. The first-order valence-electron chi connectivity index (χ1n) is 12.6.